The predicted molar refractivity (Wildman–Crippen MR) is 175 cm³/mol. The zero-order chi connectivity index (χ0) is 30.9. The zero-order valence-electron chi connectivity index (χ0n) is 25.2. The Bertz CT molecular complexity index is 1410. The van der Waals surface area contributed by atoms with Gasteiger partial charge in [0.25, 0.3) is 0 Å². The average Bonchev–Trinajstić information content (AvgIpc) is 3.77. The Morgan fingerprint density at radius 2 is 1.86 bits per heavy atom. The summed E-state index contributed by atoms with van der Waals surface area (Å²) in [6.45, 7) is 1.76. The van der Waals surface area contributed by atoms with Gasteiger partial charge in [-0.25, -0.2) is 4.79 Å². The standard InChI is InChI=1S/C33H42ClN5O4S/c1-35-17-7-6-14-27(37-24-10-3-4-11-24)32(41)39-19-18-38(22-28(39)31(40)36-21-25-12-8-20-44-25)33(42)43-29-16-15-23-9-2-5-13-26(23)30(29)34/h2,5,8-9,12-13,15-16,20,24,27-28,35,37H,3-4,6-7,10-11,14,17-19,21-22H2,1H3,(H,36,40)/t27-,28+/m1/s1. The summed E-state index contributed by atoms with van der Waals surface area (Å²) in [4.78, 5) is 45.4. The predicted octanol–water partition coefficient (Wildman–Crippen LogP) is 5.17. The third-order valence-corrected chi connectivity index (χ3v) is 9.79. The molecule has 2 atom stereocenters. The number of hydrogen-bond acceptors (Lipinski definition) is 7. The number of nitrogens with one attached hydrogen (secondary N) is 3. The maximum atomic E-state index is 14.2. The summed E-state index contributed by atoms with van der Waals surface area (Å²) in [7, 11) is 1.93. The molecule has 1 aliphatic heterocycles. The van der Waals surface area contributed by atoms with Crippen LogP contribution in [0.3, 0.4) is 0 Å². The number of benzene rings is 2. The first-order valence-corrected chi connectivity index (χ1v) is 16.9. The van der Waals surface area contributed by atoms with E-state index in [-0.39, 0.29) is 43.2 Å². The summed E-state index contributed by atoms with van der Waals surface area (Å²) in [6, 6.07) is 14.1. The number of carbonyl (C=O) groups is 3. The number of nitrogens with zero attached hydrogens (tertiary/aromatic N) is 2. The molecule has 3 N–H and O–H groups in total. The molecule has 1 aromatic heterocycles. The van der Waals surface area contributed by atoms with Crippen molar-refractivity contribution in [3.05, 3.63) is 63.8 Å². The van der Waals surface area contributed by atoms with E-state index < -0.39 is 12.1 Å². The molecule has 0 spiro atoms. The van der Waals surface area contributed by atoms with E-state index in [1.54, 1.807) is 22.3 Å². The number of thiophene rings is 1. The number of fused-ring (bicyclic) bond motifs is 1. The maximum Gasteiger partial charge on any atom is 0.415 e. The zero-order valence-corrected chi connectivity index (χ0v) is 26.8. The lowest BCUT2D eigenvalue weighted by Crippen LogP contribution is -2.64. The molecule has 1 aliphatic carbocycles. The van der Waals surface area contributed by atoms with Crippen molar-refractivity contribution in [2.24, 2.45) is 0 Å². The van der Waals surface area contributed by atoms with Crippen LogP contribution in [-0.4, -0.2) is 79.1 Å². The minimum atomic E-state index is -0.846. The van der Waals surface area contributed by atoms with Crippen LogP contribution in [0.15, 0.2) is 53.9 Å². The first kappa shape index (κ1) is 32.2. The fourth-order valence-electron chi connectivity index (χ4n) is 6.10. The van der Waals surface area contributed by atoms with Crippen molar-refractivity contribution in [2.75, 3.05) is 33.2 Å². The summed E-state index contributed by atoms with van der Waals surface area (Å²) in [5, 5.41) is 13.8. The molecule has 3 amide bonds. The van der Waals surface area contributed by atoms with Crippen LogP contribution in [0.5, 0.6) is 5.75 Å². The van der Waals surface area contributed by atoms with E-state index in [2.05, 4.69) is 16.0 Å². The number of hydrogen-bond donors (Lipinski definition) is 3. The summed E-state index contributed by atoms with van der Waals surface area (Å²) < 4.78 is 5.75. The quantitative estimate of drug-likeness (QED) is 0.236. The molecule has 2 aliphatic rings. The molecular formula is C33H42ClN5O4S. The van der Waals surface area contributed by atoms with E-state index in [1.165, 1.54) is 4.90 Å². The van der Waals surface area contributed by atoms with Crippen LogP contribution in [0.25, 0.3) is 10.8 Å². The van der Waals surface area contributed by atoms with Gasteiger partial charge in [-0.1, -0.05) is 67.3 Å². The molecule has 1 saturated heterocycles. The monoisotopic (exact) mass is 639 g/mol. The van der Waals surface area contributed by atoms with Gasteiger partial charge in [0, 0.05) is 29.4 Å². The topological polar surface area (TPSA) is 103 Å². The largest absolute Gasteiger partial charge is 0.415 e. The summed E-state index contributed by atoms with van der Waals surface area (Å²) in [5.41, 5.74) is 0. The highest BCUT2D eigenvalue weighted by Crippen LogP contribution is 2.33. The lowest BCUT2D eigenvalue weighted by atomic mass is 10.0. The second-order valence-electron chi connectivity index (χ2n) is 11.6. The second-order valence-corrected chi connectivity index (χ2v) is 13.0. The van der Waals surface area contributed by atoms with Crippen LogP contribution < -0.4 is 20.7 Å². The highest BCUT2D eigenvalue weighted by atomic mass is 35.5. The SMILES string of the molecule is CNCCCC[C@@H](NC1CCCC1)C(=O)N1CCN(C(=O)Oc2ccc3ccccc3c2Cl)C[C@H]1C(=O)NCc1cccs1. The molecule has 11 heteroatoms. The van der Waals surface area contributed by atoms with Gasteiger partial charge in [0.05, 0.1) is 24.2 Å². The molecule has 3 aromatic rings. The van der Waals surface area contributed by atoms with Gasteiger partial charge >= 0.3 is 6.09 Å². The van der Waals surface area contributed by atoms with Crippen LogP contribution in [0.1, 0.15) is 49.8 Å². The van der Waals surface area contributed by atoms with E-state index in [4.69, 9.17) is 16.3 Å². The fraction of sp³-hybridized carbons (Fsp3) is 0.485. The summed E-state index contributed by atoms with van der Waals surface area (Å²) in [5.74, 6) is -0.110. The highest BCUT2D eigenvalue weighted by Gasteiger charge is 2.40. The molecular weight excluding hydrogens is 598 g/mol. The molecule has 0 unspecified atom stereocenters. The van der Waals surface area contributed by atoms with Gasteiger partial charge in [-0.3, -0.25) is 9.59 Å². The number of rotatable bonds is 12. The highest BCUT2D eigenvalue weighted by molar-refractivity contribution is 7.09. The smallest absolute Gasteiger partial charge is 0.409 e. The Morgan fingerprint density at radius 1 is 1.05 bits per heavy atom. The molecule has 44 heavy (non-hydrogen) atoms. The molecule has 236 valence electrons. The Balaban J connectivity index is 1.32. The molecule has 0 bridgehead atoms. The van der Waals surface area contributed by atoms with Crippen molar-refractivity contribution >= 4 is 51.6 Å². The van der Waals surface area contributed by atoms with E-state index >= 15 is 0 Å². The molecule has 2 heterocycles. The van der Waals surface area contributed by atoms with Gasteiger partial charge in [-0.2, -0.15) is 0 Å². The normalized spacial score (nSPS) is 18.0. The molecule has 5 rings (SSSR count). The maximum absolute atomic E-state index is 14.2. The van der Waals surface area contributed by atoms with Crippen molar-refractivity contribution in [3.63, 3.8) is 0 Å². The van der Waals surface area contributed by atoms with Crippen LogP contribution >= 0.6 is 22.9 Å². The Morgan fingerprint density at radius 3 is 2.64 bits per heavy atom. The number of amides is 3. The first-order valence-electron chi connectivity index (χ1n) is 15.6. The number of carbonyl (C=O) groups excluding carboxylic acids is 3. The van der Waals surface area contributed by atoms with Crippen LogP contribution in [-0.2, 0) is 16.1 Å². The van der Waals surface area contributed by atoms with Crippen LogP contribution in [0, 0.1) is 0 Å². The van der Waals surface area contributed by atoms with Crippen molar-refractivity contribution in [1.29, 1.82) is 0 Å². The van der Waals surface area contributed by atoms with Gasteiger partial charge in [-0.15, -0.1) is 11.3 Å². The number of piperazine rings is 1. The first-order chi connectivity index (χ1) is 21.4. The summed E-state index contributed by atoms with van der Waals surface area (Å²) in [6.07, 6.45) is 6.40. The number of halogens is 1. The minimum absolute atomic E-state index is 0.0297. The second kappa shape index (κ2) is 15.7. The summed E-state index contributed by atoms with van der Waals surface area (Å²) >= 11 is 8.16. The number of unbranched alkanes of at least 4 members (excludes halogenated alkanes) is 1. The van der Waals surface area contributed by atoms with E-state index in [1.807, 2.05) is 54.9 Å². The molecule has 2 aromatic carbocycles. The minimum Gasteiger partial charge on any atom is -0.409 e. The van der Waals surface area contributed by atoms with Gasteiger partial charge < -0.3 is 30.5 Å². The van der Waals surface area contributed by atoms with Gasteiger partial charge in [0.2, 0.25) is 11.8 Å². The lowest BCUT2D eigenvalue weighted by molar-refractivity contribution is -0.145. The van der Waals surface area contributed by atoms with Crippen molar-refractivity contribution in [1.82, 2.24) is 25.8 Å². The van der Waals surface area contributed by atoms with E-state index in [0.717, 1.165) is 60.7 Å². The molecule has 1 saturated carbocycles. The Labute approximate surface area is 268 Å². The van der Waals surface area contributed by atoms with Crippen molar-refractivity contribution < 1.29 is 19.1 Å². The van der Waals surface area contributed by atoms with Gasteiger partial charge in [-0.05, 0) is 62.2 Å². The molecule has 0 radical (unpaired) electrons. The van der Waals surface area contributed by atoms with E-state index in [9.17, 15) is 14.4 Å². The van der Waals surface area contributed by atoms with E-state index in [0.29, 0.717) is 24.0 Å². The Kier molecular flexibility index (Phi) is 11.5. The third kappa shape index (κ3) is 8.10. The van der Waals surface area contributed by atoms with Crippen molar-refractivity contribution in [3.8, 4) is 5.75 Å². The third-order valence-electron chi connectivity index (χ3n) is 8.53. The molecule has 2 fully saturated rings. The van der Waals surface area contributed by atoms with Gasteiger partial charge in [0.15, 0.2) is 5.75 Å². The van der Waals surface area contributed by atoms with Crippen molar-refractivity contribution in [2.45, 2.75) is 69.6 Å². The molecule has 9 nitrogen and oxygen atoms in total. The van der Waals surface area contributed by atoms with Crippen LogP contribution in [0.2, 0.25) is 5.02 Å². The Hall–Kier alpha value is -3.18. The lowest BCUT2D eigenvalue weighted by Gasteiger charge is -2.41. The fourth-order valence-corrected chi connectivity index (χ4v) is 7.02. The van der Waals surface area contributed by atoms with Gasteiger partial charge in [0.1, 0.15) is 6.04 Å². The average molecular weight is 640 g/mol. The van der Waals surface area contributed by atoms with Crippen LogP contribution in [0.4, 0.5) is 4.79 Å². The number of ether oxygens (including phenoxy) is 1.